The zero-order valence-corrected chi connectivity index (χ0v) is 17.4. The summed E-state index contributed by atoms with van der Waals surface area (Å²) in [6.45, 7) is 4.00. The maximum absolute atomic E-state index is 13.4. The smallest absolute Gasteiger partial charge is 0.262 e. The first kappa shape index (κ1) is 18.4. The topological polar surface area (TPSA) is 55.2 Å². The third-order valence-corrected chi connectivity index (χ3v) is 6.82. The van der Waals surface area contributed by atoms with E-state index in [4.69, 9.17) is 4.98 Å². The van der Waals surface area contributed by atoms with Crippen LogP contribution in [0.25, 0.3) is 10.9 Å². The molecule has 0 unspecified atom stereocenters. The van der Waals surface area contributed by atoms with Gasteiger partial charge in [0.15, 0.2) is 5.16 Å². The van der Waals surface area contributed by atoms with Crippen molar-refractivity contribution in [2.45, 2.75) is 55.6 Å². The molecule has 5 nitrogen and oxygen atoms in total. The first-order valence-electron chi connectivity index (χ1n) is 10.1. The van der Waals surface area contributed by atoms with Crippen molar-refractivity contribution in [1.82, 2.24) is 9.55 Å². The van der Waals surface area contributed by atoms with Gasteiger partial charge in [-0.25, -0.2) is 4.98 Å². The van der Waals surface area contributed by atoms with Crippen molar-refractivity contribution in [3.8, 4) is 0 Å². The lowest BCUT2D eigenvalue weighted by atomic mass is 10.1. The predicted molar refractivity (Wildman–Crippen MR) is 117 cm³/mol. The Kier molecular flexibility index (Phi) is 4.46. The molecule has 2 aromatic carbocycles. The van der Waals surface area contributed by atoms with Gasteiger partial charge in [0.1, 0.15) is 0 Å². The van der Waals surface area contributed by atoms with Crippen LogP contribution in [0.4, 0.5) is 5.69 Å². The van der Waals surface area contributed by atoms with Crippen LogP contribution >= 0.6 is 11.8 Å². The molecule has 1 fully saturated rings. The molecule has 1 amide bonds. The summed E-state index contributed by atoms with van der Waals surface area (Å²) < 4.78 is 1.80. The van der Waals surface area contributed by atoms with E-state index in [1.807, 2.05) is 54.3 Å². The Balaban J connectivity index is 1.49. The van der Waals surface area contributed by atoms with Crippen molar-refractivity contribution >= 4 is 34.3 Å². The van der Waals surface area contributed by atoms with Crippen molar-refractivity contribution in [2.24, 2.45) is 0 Å². The predicted octanol–water partition coefficient (Wildman–Crippen LogP) is 4.19. The minimum atomic E-state index is -0.332. The molecule has 0 saturated heterocycles. The maximum Gasteiger partial charge on any atom is 0.262 e. The van der Waals surface area contributed by atoms with Crippen molar-refractivity contribution in [1.29, 1.82) is 0 Å². The van der Waals surface area contributed by atoms with Gasteiger partial charge in [-0.05, 0) is 56.9 Å². The van der Waals surface area contributed by atoms with E-state index in [0.29, 0.717) is 16.1 Å². The Morgan fingerprint density at radius 2 is 1.86 bits per heavy atom. The van der Waals surface area contributed by atoms with E-state index in [1.54, 1.807) is 4.57 Å². The van der Waals surface area contributed by atoms with Gasteiger partial charge in [0.2, 0.25) is 5.91 Å². The molecule has 3 aromatic rings. The number of thioether (sulfide) groups is 1. The second-order valence-electron chi connectivity index (χ2n) is 7.97. The highest BCUT2D eigenvalue weighted by Crippen LogP contribution is 2.39. The van der Waals surface area contributed by atoms with E-state index < -0.39 is 0 Å². The number of nitrogens with zero attached hydrogens (tertiary/aromatic N) is 3. The summed E-state index contributed by atoms with van der Waals surface area (Å²) in [5.41, 5.74) is 2.91. The summed E-state index contributed by atoms with van der Waals surface area (Å²) in [4.78, 5) is 33.1. The zero-order valence-electron chi connectivity index (χ0n) is 16.5. The SMILES string of the molecule is C[C@@H](Sc1nc2ccccc2c(=O)n1C1CC1)C(=O)N1c2ccccc2C[C@@H]1C. The van der Waals surface area contributed by atoms with E-state index in [9.17, 15) is 9.59 Å². The molecule has 29 heavy (non-hydrogen) atoms. The summed E-state index contributed by atoms with van der Waals surface area (Å²) in [7, 11) is 0. The lowest BCUT2D eigenvalue weighted by molar-refractivity contribution is -0.118. The number of fused-ring (bicyclic) bond motifs is 2. The first-order chi connectivity index (χ1) is 14.0. The van der Waals surface area contributed by atoms with Crippen LogP contribution in [0, 0.1) is 0 Å². The number of benzene rings is 2. The highest BCUT2D eigenvalue weighted by molar-refractivity contribution is 8.00. The van der Waals surface area contributed by atoms with Gasteiger partial charge in [-0.2, -0.15) is 0 Å². The summed E-state index contributed by atoms with van der Waals surface area (Å²) >= 11 is 1.40. The number of hydrogen-bond donors (Lipinski definition) is 0. The molecule has 2 heterocycles. The van der Waals surface area contributed by atoms with E-state index in [2.05, 4.69) is 13.0 Å². The Morgan fingerprint density at radius 1 is 1.14 bits per heavy atom. The maximum atomic E-state index is 13.4. The largest absolute Gasteiger partial charge is 0.308 e. The Hall–Kier alpha value is -2.60. The highest BCUT2D eigenvalue weighted by atomic mass is 32.2. The average molecular weight is 406 g/mol. The second kappa shape index (κ2) is 7.02. The number of para-hydroxylation sites is 2. The second-order valence-corrected chi connectivity index (χ2v) is 9.28. The molecule has 2 atom stereocenters. The van der Waals surface area contributed by atoms with Gasteiger partial charge in [-0.3, -0.25) is 14.2 Å². The molecule has 0 radical (unpaired) electrons. The fraction of sp³-hybridized carbons (Fsp3) is 0.348. The van der Waals surface area contributed by atoms with Gasteiger partial charge < -0.3 is 4.90 Å². The number of rotatable bonds is 4. The van der Waals surface area contributed by atoms with Crippen LogP contribution in [0.3, 0.4) is 0 Å². The fourth-order valence-electron chi connectivity index (χ4n) is 4.17. The Bertz CT molecular complexity index is 1170. The van der Waals surface area contributed by atoms with Crippen molar-refractivity contribution in [3.05, 3.63) is 64.4 Å². The van der Waals surface area contributed by atoms with Crippen LogP contribution in [-0.2, 0) is 11.2 Å². The van der Waals surface area contributed by atoms with E-state index >= 15 is 0 Å². The summed E-state index contributed by atoms with van der Waals surface area (Å²) in [6.07, 6.45) is 2.86. The van der Waals surface area contributed by atoms with Crippen LogP contribution in [0.15, 0.2) is 58.5 Å². The molecule has 1 aliphatic heterocycles. The number of carbonyl (C=O) groups excluding carboxylic acids is 1. The van der Waals surface area contributed by atoms with Gasteiger partial charge >= 0.3 is 0 Å². The highest BCUT2D eigenvalue weighted by Gasteiger charge is 2.35. The molecule has 2 aliphatic rings. The lowest BCUT2D eigenvalue weighted by Gasteiger charge is -2.26. The third kappa shape index (κ3) is 3.15. The molecule has 148 valence electrons. The molecule has 1 saturated carbocycles. The van der Waals surface area contributed by atoms with Gasteiger partial charge in [-0.15, -0.1) is 0 Å². The Labute approximate surface area is 173 Å². The van der Waals surface area contributed by atoms with Crippen LogP contribution < -0.4 is 10.5 Å². The minimum Gasteiger partial charge on any atom is -0.308 e. The Morgan fingerprint density at radius 3 is 2.66 bits per heavy atom. The van der Waals surface area contributed by atoms with Crippen LogP contribution in [-0.4, -0.2) is 26.8 Å². The normalized spacial score (nSPS) is 19.4. The average Bonchev–Trinajstić information content (AvgIpc) is 3.49. The molecule has 0 N–H and O–H groups in total. The number of anilines is 1. The van der Waals surface area contributed by atoms with E-state index in [-0.39, 0.29) is 28.8 Å². The molecule has 6 heteroatoms. The van der Waals surface area contributed by atoms with Crippen LogP contribution in [0.5, 0.6) is 0 Å². The molecule has 1 aliphatic carbocycles. The van der Waals surface area contributed by atoms with E-state index in [0.717, 1.165) is 24.9 Å². The number of amides is 1. The van der Waals surface area contributed by atoms with Crippen LogP contribution in [0.1, 0.15) is 38.3 Å². The first-order valence-corrected chi connectivity index (χ1v) is 11.0. The number of carbonyl (C=O) groups is 1. The molecular formula is C23H23N3O2S. The van der Waals surface area contributed by atoms with Gasteiger partial charge in [0, 0.05) is 17.8 Å². The summed E-state index contributed by atoms with van der Waals surface area (Å²) in [5.74, 6) is 0.0669. The fourth-order valence-corrected chi connectivity index (χ4v) is 5.20. The van der Waals surface area contributed by atoms with Gasteiger partial charge in [0.25, 0.3) is 5.56 Å². The number of hydrogen-bond acceptors (Lipinski definition) is 4. The molecule has 0 spiro atoms. The van der Waals surface area contributed by atoms with Gasteiger partial charge in [-0.1, -0.05) is 42.1 Å². The standard InChI is InChI=1S/C23H23N3O2S/c1-14-13-16-7-3-6-10-20(16)25(14)21(27)15(2)29-23-24-19-9-5-4-8-18(19)22(28)26(23)17-11-12-17/h3-10,14-15,17H,11-13H2,1-2H3/t14-,15+/m0/s1. The summed E-state index contributed by atoms with van der Waals surface area (Å²) in [5, 5.41) is 0.962. The molecular weight excluding hydrogens is 382 g/mol. The molecule has 0 bridgehead atoms. The monoisotopic (exact) mass is 405 g/mol. The van der Waals surface area contributed by atoms with E-state index in [1.165, 1.54) is 17.3 Å². The molecule has 5 rings (SSSR count). The van der Waals surface area contributed by atoms with Crippen molar-refractivity contribution in [3.63, 3.8) is 0 Å². The quantitative estimate of drug-likeness (QED) is 0.482. The van der Waals surface area contributed by atoms with Crippen LogP contribution in [0.2, 0.25) is 0 Å². The molecule has 1 aromatic heterocycles. The summed E-state index contributed by atoms with van der Waals surface area (Å²) in [6, 6.07) is 15.9. The third-order valence-electron chi connectivity index (χ3n) is 5.76. The number of aromatic nitrogens is 2. The minimum absolute atomic E-state index is 0.000125. The van der Waals surface area contributed by atoms with Crippen molar-refractivity contribution < 1.29 is 4.79 Å². The van der Waals surface area contributed by atoms with Gasteiger partial charge in [0.05, 0.1) is 16.2 Å². The zero-order chi connectivity index (χ0) is 20.1. The van der Waals surface area contributed by atoms with Crippen molar-refractivity contribution in [2.75, 3.05) is 4.90 Å². The lowest BCUT2D eigenvalue weighted by Crippen LogP contribution is -2.40.